The number of esters is 1. The Bertz CT molecular complexity index is 797. The van der Waals surface area contributed by atoms with Gasteiger partial charge in [0, 0.05) is 13.1 Å². The summed E-state index contributed by atoms with van der Waals surface area (Å²) in [5, 5.41) is 11.0. The number of hydrogen-bond acceptors (Lipinski definition) is 7. The maximum atomic E-state index is 11.1. The second-order valence-corrected chi connectivity index (χ2v) is 4.61. The van der Waals surface area contributed by atoms with Crippen LogP contribution in [0.3, 0.4) is 0 Å². The molecule has 0 radical (unpaired) electrons. The average Bonchev–Trinajstić information content (AvgIpc) is 2.94. The van der Waals surface area contributed by atoms with Crippen LogP contribution in [0, 0.1) is 10.1 Å². The van der Waals surface area contributed by atoms with Crippen LogP contribution < -0.4 is 9.47 Å². The lowest BCUT2D eigenvalue weighted by Gasteiger charge is -2.10. The zero-order valence-corrected chi connectivity index (χ0v) is 13.3. The number of nitrogens with zero attached hydrogens (tertiary/aromatic N) is 3. The van der Waals surface area contributed by atoms with E-state index in [0.717, 1.165) is 0 Å². The number of rotatable bonds is 6. The predicted molar refractivity (Wildman–Crippen MR) is 84.0 cm³/mol. The molecule has 1 aromatic heterocycles. The van der Waals surface area contributed by atoms with Gasteiger partial charge in [0.05, 0.1) is 14.2 Å². The number of ether oxygens (including phenoxy) is 3. The monoisotopic (exact) mass is 333 g/mol. The molecule has 0 aliphatic heterocycles. The number of methoxy groups -OCH3 is 2. The van der Waals surface area contributed by atoms with Crippen molar-refractivity contribution >= 4 is 17.9 Å². The fourth-order valence-electron chi connectivity index (χ4n) is 1.86. The van der Waals surface area contributed by atoms with Crippen LogP contribution in [0.1, 0.15) is 5.56 Å². The molecule has 0 aliphatic carbocycles. The van der Waals surface area contributed by atoms with Gasteiger partial charge in [0.2, 0.25) is 6.33 Å². The molecule has 0 saturated heterocycles. The summed E-state index contributed by atoms with van der Waals surface area (Å²) in [7, 11) is 4.30. The topological polar surface area (TPSA) is 106 Å². The Kier molecular flexibility index (Phi) is 5.15. The van der Waals surface area contributed by atoms with Crippen molar-refractivity contribution in [3.8, 4) is 17.4 Å². The quantitative estimate of drug-likeness (QED) is 0.345. The molecule has 24 heavy (non-hydrogen) atoms. The van der Waals surface area contributed by atoms with Crippen LogP contribution in [0.2, 0.25) is 0 Å². The molecule has 0 atom stereocenters. The number of aromatic nitrogens is 2. The molecule has 0 saturated carbocycles. The molecular formula is C15H15N3O6. The molecule has 2 rings (SSSR count). The summed E-state index contributed by atoms with van der Waals surface area (Å²) in [6, 6.07) is 4.86. The van der Waals surface area contributed by atoms with Crippen LogP contribution in [0.5, 0.6) is 17.4 Å². The van der Waals surface area contributed by atoms with Crippen molar-refractivity contribution in [3.05, 3.63) is 46.3 Å². The van der Waals surface area contributed by atoms with Crippen LogP contribution in [0.15, 0.2) is 30.6 Å². The fraction of sp³-hybridized carbons (Fsp3) is 0.200. The first kappa shape index (κ1) is 17.0. The Morgan fingerprint density at radius 3 is 2.71 bits per heavy atom. The normalized spacial score (nSPS) is 10.6. The highest BCUT2D eigenvalue weighted by atomic mass is 16.6. The number of imidazole rings is 1. The van der Waals surface area contributed by atoms with Crippen molar-refractivity contribution in [1.29, 1.82) is 0 Å². The maximum Gasteiger partial charge on any atom is 0.427 e. The number of nitro groups is 1. The molecule has 1 heterocycles. The summed E-state index contributed by atoms with van der Waals surface area (Å²) < 4.78 is 16.7. The molecule has 126 valence electrons. The van der Waals surface area contributed by atoms with Gasteiger partial charge in [-0.3, -0.25) is 4.57 Å². The van der Waals surface area contributed by atoms with Crippen molar-refractivity contribution in [1.82, 2.24) is 9.55 Å². The zero-order valence-electron chi connectivity index (χ0n) is 13.3. The van der Waals surface area contributed by atoms with Crippen molar-refractivity contribution in [2.24, 2.45) is 7.05 Å². The first-order valence-corrected chi connectivity index (χ1v) is 6.74. The van der Waals surface area contributed by atoms with E-state index in [2.05, 4.69) is 9.72 Å². The van der Waals surface area contributed by atoms with Gasteiger partial charge in [0.25, 0.3) is 0 Å². The molecule has 1 aromatic carbocycles. The minimum absolute atomic E-state index is 0.0175. The lowest BCUT2D eigenvalue weighted by Crippen LogP contribution is -1.98. The van der Waals surface area contributed by atoms with Gasteiger partial charge < -0.3 is 24.3 Å². The Hall–Kier alpha value is -3.36. The molecule has 9 nitrogen and oxygen atoms in total. The Morgan fingerprint density at radius 2 is 2.08 bits per heavy atom. The van der Waals surface area contributed by atoms with Crippen molar-refractivity contribution in [3.63, 3.8) is 0 Å². The van der Waals surface area contributed by atoms with Crippen LogP contribution >= 0.6 is 0 Å². The minimum atomic E-state index is -0.630. The highest BCUT2D eigenvalue weighted by molar-refractivity contribution is 5.87. The van der Waals surface area contributed by atoms with Gasteiger partial charge in [-0.15, -0.1) is 0 Å². The number of carbonyl (C=O) groups is 1. The Morgan fingerprint density at radius 1 is 1.33 bits per heavy atom. The number of carbonyl (C=O) groups excluding carboxylic acids is 1. The summed E-state index contributed by atoms with van der Waals surface area (Å²) in [4.78, 5) is 25.1. The maximum absolute atomic E-state index is 11.1. The largest absolute Gasteiger partial charge is 0.493 e. The molecule has 0 fully saturated rings. The average molecular weight is 333 g/mol. The molecule has 9 heteroatoms. The van der Waals surface area contributed by atoms with E-state index in [9.17, 15) is 14.9 Å². The molecule has 2 aromatic rings. The molecular weight excluding hydrogens is 318 g/mol. The lowest BCUT2D eigenvalue weighted by atomic mass is 10.2. The van der Waals surface area contributed by atoms with Crippen LogP contribution in [0.4, 0.5) is 5.82 Å². The molecule has 0 N–H and O–H groups in total. The van der Waals surface area contributed by atoms with E-state index in [-0.39, 0.29) is 11.6 Å². The first-order chi connectivity index (χ1) is 11.5. The van der Waals surface area contributed by atoms with Gasteiger partial charge in [-0.05, 0) is 33.7 Å². The third-order valence-corrected chi connectivity index (χ3v) is 3.05. The van der Waals surface area contributed by atoms with Crippen molar-refractivity contribution < 1.29 is 23.9 Å². The van der Waals surface area contributed by atoms with Crippen LogP contribution in [-0.4, -0.2) is 34.7 Å². The third-order valence-electron chi connectivity index (χ3n) is 3.05. The van der Waals surface area contributed by atoms with Gasteiger partial charge in [-0.1, -0.05) is 6.07 Å². The van der Waals surface area contributed by atoms with E-state index in [4.69, 9.17) is 9.47 Å². The highest BCUT2D eigenvalue weighted by Crippen LogP contribution is 2.35. The van der Waals surface area contributed by atoms with Gasteiger partial charge in [-0.25, -0.2) is 4.79 Å². The van der Waals surface area contributed by atoms with Crippen LogP contribution in [0.25, 0.3) is 6.08 Å². The van der Waals surface area contributed by atoms with Crippen molar-refractivity contribution in [2.45, 2.75) is 0 Å². The number of hydrogen-bond donors (Lipinski definition) is 0. The van der Waals surface area contributed by atoms with E-state index >= 15 is 0 Å². The lowest BCUT2D eigenvalue weighted by molar-refractivity contribution is -0.390. The number of aryl methyl sites for hydroxylation is 1. The van der Waals surface area contributed by atoms with E-state index < -0.39 is 16.7 Å². The molecule has 0 spiro atoms. The van der Waals surface area contributed by atoms with Crippen LogP contribution in [-0.2, 0) is 16.6 Å². The summed E-state index contributed by atoms with van der Waals surface area (Å²) in [6.07, 6.45) is 4.10. The molecule has 0 unspecified atom stereocenters. The minimum Gasteiger partial charge on any atom is -0.493 e. The zero-order chi connectivity index (χ0) is 17.7. The Labute approximate surface area is 137 Å². The van der Waals surface area contributed by atoms with Gasteiger partial charge in [-0.2, -0.15) is 0 Å². The summed E-state index contributed by atoms with van der Waals surface area (Å²) in [5.41, 5.74) is 0.670. The van der Waals surface area contributed by atoms with E-state index in [0.29, 0.717) is 11.3 Å². The van der Waals surface area contributed by atoms with Crippen molar-refractivity contribution in [2.75, 3.05) is 14.2 Å². The second-order valence-electron chi connectivity index (χ2n) is 4.61. The van der Waals surface area contributed by atoms with E-state index in [1.54, 1.807) is 31.3 Å². The van der Waals surface area contributed by atoms with Gasteiger partial charge in [0.15, 0.2) is 11.5 Å². The fourth-order valence-corrected chi connectivity index (χ4v) is 1.86. The van der Waals surface area contributed by atoms with Gasteiger partial charge >= 0.3 is 17.7 Å². The Balaban J connectivity index is 2.32. The smallest absolute Gasteiger partial charge is 0.427 e. The highest BCUT2D eigenvalue weighted by Gasteiger charge is 2.23. The third kappa shape index (κ3) is 3.69. The standard InChI is InChI=1S/C15H15N3O6/c1-17-9-16-14(18(20)21)15(17)24-11-6-4-10(8-12(11)22-2)5-7-13(19)23-3/h4-9H,1-3H3. The summed E-state index contributed by atoms with van der Waals surface area (Å²) in [5.74, 6) is -0.276. The first-order valence-electron chi connectivity index (χ1n) is 6.74. The number of benzene rings is 1. The van der Waals surface area contributed by atoms with Gasteiger partial charge in [0.1, 0.15) is 0 Å². The molecule has 0 bridgehead atoms. The summed E-state index contributed by atoms with van der Waals surface area (Å²) >= 11 is 0. The molecule has 0 amide bonds. The van der Waals surface area contributed by atoms with E-state index in [1.807, 2.05) is 0 Å². The molecule has 0 aliphatic rings. The second kappa shape index (κ2) is 7.27. The van der Waals surface area contributed by atoms with E-state index in [1.165, 1.54) is 31.2 Å². The SMILES string of the molecule is COC(=O)C=Cc1ccc(Oc2c([N+](=O)[O-])ncn2C)c(OC)c1. The summed E-state index contributed by atoms with van der Waals surface area (Å²) in [6.45, 7) is 0. The predicted octanol–water partition coefficient (Wildman–Crippen LogP) is 2.32.